The topological polar surface area (TPSA) is 114 Å². The zero-order valence-corrected chi connectivity index (χ0v) is 19.5. The molecule has 2 aliphatic rings. The highest BCUT2D eigenvalue weighted by Gasteiger charge is 2.41. The number of para-hydroxylation sites is 1. The van der Waals surface area contributed by atoms with Crippen molar-refractivity contribution in [3.05, 3.63) is 53.6 Å². The molecule has 2 aliphatic heterocycles. The van der Waals surface area contributed by atoms with E-state index in [1.165, 1.54) is 6.20 Å². The van der Waals surface area contributed by atoms with Crippen LogP contribution in [0.15, 0.2) is 36.7 Å². The molecule has 0 saturated carbocycles. The van der Waals surface area contributed by atoms with Gasteiger partial charge in [0.2, 0.25) is 5.91 Å². The third kappa shape index (κ3) is 5.35. The monoisotopic (exact) mass is 465 g/mol. The number of aryl methyl sites for hydroxylation is 1. The molecule has 0 radical (unpaired) electrons. The van der Waals surface area contributed by atoms with E-state index in [1.807, 2.05) is 13.0 Å². The van der Waals surface area contributed by atoms with E-state index in [2.05, 4.69) is 20.6 Å². The van der Waals surface area contributed by atoms with E-state index < -0.39 is 5.41 Å². The molecule has 1 fully saturated rings. The summed E-state index contributed by atoms with van der Waals surface area (Å²) in [6.45, 7) is 3.94. The van der Waals surface area contributed by atoms with Gasteiger partial charge in [-0.25, -0.2) is 4.98 Å². The Hall–Kier alpha value is -3.49. The maximum Gasteiger partial charge on any atom is 0.274 e. The second-order valence-corrected chi connectivity index (χ2v) is 8.93. The van der Waals surface area contributed by atoms with Crippen molar-refractivity contribution in [1.29, 1.82) is 0 Å². The predicted octanol–water partition coefficient (Wildman–Crippen LogP) is 2.12. The maximum atomic E-state index is 13.2. The van der Waals surface area contributed by atoms with E-state index in [0.717, 1.165) is 25.0 Å². The number of ether oxygens (including phenoxy) is 1. The molecule has 0 aliphatic carbocycles. The van der Waals surface area contributed by atoms with Crippen LogP contribution in [-0.2, 0) is 4.79 Å². The highest BCUT2D eigenvalue weighted by Crippen LogP contribution is 2.37. The summed E-state index contributed by atoms with van der Waals surface area (Å²) in [6, 6.07) is 7.19. The molecule has 9 heteroatoms. The van der Waals surface area contributed by atoms with Crippen LogP contribution in [0.25, 0.3) is 0 Å². The highest BCUT2D eigenvalue weighted by atomic mass is 16.5. The quantitative estimate of drug-likeness (QED) is 0.667. The van der Waals surface area contributed by atoms with Gasteiger partial charge in [0.15, 0.2) is 0 Å². The molecule has 0 unspecified atom stereocenters. The van der Waals surface area contributed by atoms with Gasteiger partial charge in [0.1, 0.15) is 11.4 Å². The van der Waals surface area contributed by atoms with Crippen LogP contribution in [0.5, 0.6) is 5.75 Å². The van der Waals surface area contributed by atoms with Crippen molar-refractivity contribution in [2.75, 3.05) is 32.8 Å². The zero-order chi connectivity index (χ0) is 24.0. The fourth-order valence-corrected chi connectivity index (χ4v) is 4.56. The van der Waals surface area contributed by atoms with E-state index in [9.17, 15) is 14.4 Å². The van der Waals surface area contributed by atoms with E-state index in [-0.39, 0.29) is 17.7 Å². The van der Waals surface area contributed by atoms with Gasteiger partial charge >= 0.3 is 0 Å². The van der Waals surface area contributed by atoms with Crippen molar-refractivity contribution in [2.45, 2.75) is 39.0 Å². The Morgan fingerprint density at radius 1 is 1.00 bits per heavy atom. The Morgan fingerprint density at radius 2 is 1.76 bits per heavy atom. The van der Waals surface area contributed by atoms with Crippen molar-refractivity contribution >= 4 is 17.7 Å². The largest absolute Gasteiger partial charge is 0.493 e. The number of likely N-dealkylation sites (tertiary alicyclic amines) is 1. The second-order valence-electron chi connectivity index (χ2n) is 8.93. The molecule has 180 valence electrons. The average Bonchev–Trinajstić information content (AvgIpc) is 2.86. The summed E-state index contributed by atoms with van der Waals surface area (Å²) in [5.74, 6) is 0.185. The third-order valence-corrected chi connectivity index (χ3v) is 6.62. The molecule has 2 aromatic rings. The second kappa shape index (κ2) is 10.6. The van der Waals surface area contributed by atoms with Gasteiger partial charge in [-0.15, -0.1) is 0 Å². The molecular weight excluding hydrogens is 434 g/mol. The lowest BCUT2D eigenvalue weighted by Crippen LogP contribution is -2.51. The number of fused-ring (bicyclic) bond motifs is 1. The lowest BCUT2D eigenvalue weighted by Gasteiger charge is -2.40. The Balaban J connectivity index is 1.41. The van der Waals surface area contributed by atoms with Crippen LogP contribution in [-0.4, -0.2) is 65.4 Å². The van der Waals surface area contributed by atoms with Gasteiger partial charge in [-0.3, -0.25) is 19.4 Å². The van der Waals surface area contributed by atoms with Crippen molar-refractivity contribution in [2.24, 2.45) is 5.41 Å². The number of carbonyl (C=O) groups is 3. The Morgan fingerprint density at radius 3 is 2.53 bits per heavy atom. The molecule has 2 N–H and O–H groups in total. The van der Waals surface area contributed by atoms with E-state index in [1.54, 1.807) is 29.3 Å². The summed E-state index contributed by atoms with van der Waals surface area (Å²) in [7, 11) is 0. The molecule has 1 aromatic heterocycles. The van der Waals surface area contributed by atoms with Crippen molar-refractivity contribution in [1.82, 2.24) is 25.5 Å². The number of aromatic nitrogens is 2. The fourth-order valence-electron chi connectivity index (χ4n) is 4.56. The number of hydrogen-bond donors (Lipinski definition) is 2. The number of piperidine rings is 1. The number of hydrogen-bond acceptors (Lipinski definition) is 6. The van der Waals surface area contributed by atoms with Gasteiger partial charge in [0, 0.05) is 32.4 Å². The summed E-state index contributed by atoms with van der Waals surface area (Å²) in [5, 5.41) is 5.86. The average molecular weight is 466 g/mol. The van der Waals surface area contributed by atoms with Crippen LogP contribution in [0.1, 0.15) is 58.6 Å². The molecule has 1 aromatic carbocycles. The molecular formula is C25H31N5O4. The van der Waals surface area contributed by atoms with Crippen LogP contribution < -0.4 is 15.4 Å². The van der Waals surface area contributed by atoms with Crippen molar-refractivity contribution in [3.63, 3.8) is 0 Å². The molecule has 3 heterocycles. The van der Waals surface area contributed by atoms with E-state index in [0.29, 0.717) is 62.6 Å². The summed E-state index contributed by atoms with van der Waals surface area (Å²) in [5.41, 5.74) is 1.04. The zero-order valence-electron chi connectivity index (χ0n) is 19.5. The summed E-state index contributed by atoms with van der Waals surface area (Å²) >= 11 is 0. The molecule has 4 rings (SSSR count). The number of nitrogens with zero attached hydrogens (tertiary/aromatic N) is 3. The first-order valence-corrected chi connectivity index (χ1v) is 11.8. The Kier molecular flexibility index (Phi) is 7.40. The number of rotatable bonds is 1. The number of nitrogens with one attached hydrogen (secondary N) is 2. The maximum absolute atomic E-state index is 13.2. The van der Waals surface area contributed by atoms with E-state index in [4.69, 9.17) is 4.74 Å². The Labute approximate surface area is 199 Å². The van der Waals surface area contributed by atoms with Crippen LogP contribution in [0.4, 0.5) is 0 Å². The van der Waals surface area contributed by atoms with Crippen LogP contribution >= 0.6 is 0 Å². The van der Waals surface area contributed by atoms with Crippen LogP contribution in [0, 0.1) is 12.3 Å². The first-order chi connectivity index (χ1) is 16.5. The Bertz CT molecular complexity index is 1030. The molecule has 1 spiro atoms. The van der Waals surface area contributed by atoms with Gasteiger partial charge < -0.3 is 20.3 Å². The van der Waals surface area contributed by atoms with Gasteiger partial charge in [0.25, 0.3) is 11.8 Å². The first kappa shape index (κ1) is 23.7. The lowest BCUT2D eigenvalue weighted by molar-refractivity contribution is -0.134. The molecule has 0 atom stereocenters. The summed E-state index contributed by atoms with van der Waals surface area (Å²) < 4.78 is 5.88. The van der Waals surface area contributed by atoms with Crippen molar-refractivity contribution in [3.8, 4) is 5.75 Å². The summed E-state index contributed by atoms with van der Waals surface area (Å²) in [6.07, 6.45) is 6.57. The molecule has 0 bridgehead atoms. The van der Waals surface area contributed by atoms with Gasteiger partial charge in [-0.1, -0.05) is 12.1 Å². The predicted molar refractivity (Wildman–Crippen MR) is 125 cm³/mol. The number of carbonyl (C=O) groups excluding carboxylic acids is 3. The normalized spacial score (nSPS) is 19.3. The summed E-state index contributed by atoms with van der Waals surface area (Å²) in [4.78, 5) is 48.7. The molecule has 3 amide bonds. The minimum Gasteiger partial charge on any atom is -0.493 e. The fraction of sp³-hybridized carbons (Fsp3) is 0.480. The van der Waals surface area contributed by atoms with Crippen molar-refractivity contribution < 1.29 is 19.1 Å². The highest BCUT2D eigenvalue weighted by molar-refractivity contribution is 5.97. The molecule has 34 heavy (non-hydrogen) atoms. The van der Waals surface area contributed by atoms with Crippen LogP contribution in [0.2, 0.25) is 0 Å². The minimum atomic E-state index is -0.540. The molecule has 9 nitrogen and oxygen atoms in total. The number of benzene rings is 1. The standard InChI is InChI=1S/C25H31N5O4/c1-18-16-29-20(17-28-18)23(32)30-13-9-25(10-14-30)8-4-5-15-34-21-7-3-2-6-19(21)22(31)26-11-12-27-24(25)33/h2-3,6-7,16-17H,4-5,8-15H2,1H3,(H,26,31)(H,27,33). The smallest absolute Gasteiger partial charge is 0.274 e. The number of amides is 3. The van der Waals surface area contributed by atoms with Gasteiger partial charge in [-0.05, 0) is 51.2 Å². The third-order valence-electron chi connectivity index (χ3n) is 6.62. The first-order valence-electron chi connectivity index (χ1n) is 11.8. The SMILES string of the molecule is Cc1cnc(C(=O)N2CCC3(CCCCOc4ccccc4C(=O)NCCNC3=O)CC2)cn1. The van der Waals surface area contributed by atoms with E-state index >= 15 is 0 Å². The minimum absolute atomic E-state index is 0.0117. The van der Waals surface area contributed by atoms with Gasteiger partial charge in [-0.2, -0.15) is 0 Å². The van der Waals surface area contributed by atoms with Crippen LogP contribution in [0.3, 0.4) is 0 Å². The van der Waals surface area contributed by atoms with Gasteiger partial charge in [0.05, 0.1) is 29.5 Å². The molecule has 1 saturated heterocycles. The lowest BCUT2D eigenvalue weighted by atomic mass is 9.73.